The third-order valence-corrected chi connectivity index (χ3v) is 5.60. The van der Waals surface area contributed by atoms with E-state index in [0.29, 0.717) is 16.9 Å². The van der Waals surface area contributed by atoms with E-state index in [9.17, 15) is 18.0 Å². The average Bonchev–Trinajstić information content (AvgIpc) is 2.73. The van der Waals surface area contributed by atoms with Crippen LogP contribution in [0.1, 0.15) is 23.0 Å². The second kappa shape index (κ2) is 8.90. The molecular formula is C20H19N5O5S. The van der Waals surface area contributed by atoms with Gasteiger partial charge in [-0.1, -0.05) is 24.3 Å². The molecule has 0 spiro atoms. The summed E-state index contributed by atoms with van der Waals surface area (Å²) in [6.45, 7) is 0.999. The van der Waals surface area contributed by atoms with E-state index in [1.807, 2.05) is 4.72 Å². The Kier molecular flexibility index (Phi) is 6.28. The van der Waals surface area contributed by atoms with Gasteiger partial charge in [0.05, 0.1) is 23.4 Å². The topological polar surface area (TPSA) is 164 Å². The molecule has 11 heteroatoms. The summed E-state index contributed by atoms with van der Waals surface area (Å²) in [4.78, 5) is 31.8. The number of carbonyl (C=O) groups is 2. The third-order valence-electron chi connectivity index (χ3n) is 4.15. The van der Waals surface area contributed by atoms with E-state index in [1.54, 1.807) is 24.3 Å². The van der Waals surface area contributed by atoms with Crippen LogP contribution in [0.4, 0.5) is 11.5 Å². The van der Waals surface area contributed by atoms with Gasteiger partial charge in [0.15, 0.2) is 11.5 Å². The van der Waals surface area contributed by atoms with E-state index in [1.165, 1.54) is 30.5 Å². The van der Waals surface area contributed by atoms with Gasteiger partial charge in [-0.2, -0.15) is 0 Å². The predicted octanol–water partition coefficient (Wildman–Crippen LogP) is 1.30. The second-order valence-corrected chi connectivity index (χ2v) is 8.17. The Bertz CT molecular complexity index is 1230. The minimum Gasteiger partial charge on any atom is -0.392 e. The Morgan fingerprint density at radius 2 is 1.71 bits per heavy atom. The fourth-order valence-electron chi connectivity index (χ4n) is 2.64. The molecule has 2 amide bonds. The highest BCUT2D eigenvalue weighted by atomic mass is 32.2. The normalized spacial score (nSPS) is 11.0. The van der Waals surface area contributed by atoms with Gasteiger partial charge in [-0.3, -0.25) is 9.59 Å². The van der Waals surface area contributed by atoms with Gasteiger partial charge in [0.1, 0.15) is 0 Å². The van der Waals surface area contributed by atoms with Crippen LogP contribution in [0.3, 0.4) is 0 Å². The highest BCUT2D eigenvalue weighted by Crippen LogP contribution is 2.20. The Hall–Kier alpha value is -3.83. The molecule has 0 aliphatic heterocycles. The molecule has 1 aromatic heterocycles. The number of nitrogens with one attached hydrogen (secondary N) is 2. The second-order valence-electron chi connectivity index (χ2n) is 6.48. The van der Waals surface area contributed by atoms with Gasteiger partial charge in [0, 0.05) is 18.2 Å². The van der Waals surface area contributed by atoms with Gasteiger partial charge in [0.25, 0.3) is 15.9 Å². The summed E-state index contributed by atoms with van der Waals surface area (Å²) in [7, 11) is -3.98. The smallest absolute Gasteiger partial charge is 0.278 e. The fraction of sp³-hybridized carbons (Fsp3) is 0.100. The van der Waals surface area contributed by atoms with Crippen LogP contribution in [0.5, 0.6) is 0 Å². The van der Waals surface area contributed by atoms with Crippen molar-refractivity contribution in [2.45, 2.75) is 18.4 Å². The van der Waals surface area contributed by atoms with Gasteiger partial charge in [-0.25, -0.2) is 23.1 Å². The van der Waals surface area contributed by atoms with Gasteiger partial charge in [-0.15, -0.1) is 0 Å². The zero-order chi connectivity index (χ0) is 22.6. The molecule has 5 N–H and O–H groups in total. The summed E-state index contributed by atoms with van der Waals surface area (Å²) in [5, 5.41) is 11.7. The number of hydrogen-bond acceptors (Lipinski definition) is 8. The molecular weight excluding hydrogens is 422 g/mol. The summed E-state index contributed by atoms with van der Waals surface area (Å²) < 4.78 is 25.8. The zero-order valence-corrected chi connectivity index (χ0v) is 17.2. The van der Waals surface area contributed by atoms with Crippen molar-refractivity contribution in [1.29, 1.82) is 0 Å². The lowest BCUT2D eigenvalue weighted by molar-refractivity contribution is -0.117. The summed E-state index contributed by atoms with van der Waals surface area (Å²) in [6.07, 6.45) is 1.43. The van der Waals surface area contributed by atoms with E-state index in [-0.39, 0.29) is 23.0 Å². The maximum atomic E-state index is 12.6. The molecule has 3 rings (SSSR count). The number of rotatable bonds is 6. The molecule has 0 saturated heterocycles. The number of aliphatic hydroxyl groups excluding tert-OH is 1. The fourth-order valence-corrected chi connectivity index (χ4v) is 3.63. The summed E-state index contributed by atoms with van der Waals surface area (Å²) in [5.41, 5.74) is 7.84. The Morgan fingerprint density at radius 3 is 2.29 bits per heavy atom. The third kappa shape index (κ3) is 5.21. The predicted molar refractivity (Wildman–Crippen MR) is 113 cm³/mol. The highest BCUT2D eigenvalue weighted by Gasteiger charge is 2.17. The van der Waals surface area contributed by atoms with Gasteiger partial charge < -0.3 is 16.2 Å². The number of amides is 2. The quantitative estimate of drug-likeness (QED) is 0.444. The van der Waals surface area contributed by atoms with Crippen molar-refractivity contribution >= 4 is 33.3 Å². The molecule has 0 aliphatic rings. The van der Waals surface area contributed by atoms with Crippen molar-refractivity contribution in [2.24, 2.45) is 0 Å². The number of aliphatic hydroxyl groups is 1. The first-order valence-corrected chi connectivity index (χ1v) is 10.5. The number of hydrogen-bond donors (Lipinski definition) is 4. The van der Waals surface area contributed by atoms with Crippen molar-refractivity contribution in [3.05, 3.63) is 66.0 Å². The molecule has 0 saturated carbocycles. The maximum absolute atomic E-state index is 12.6. The lowest BCUT2D eigenvalue weighted by atomic mass is 10.1. The number of nitrogens with zero attached hydrogens (tertiary/aromatic N) is 2. The molecule has 0 unspecified atom stereocenters. The molecule has 10 nitrogen and oxygen atoms in total. The van der Waals surface area contributed by atoms with Crippen molar-refractivity contribution in [2.75, 3.05) is 11.1 Å². The van der Waals surface area contributed by atoms with Crippen LogP contribution in [0.2, 0.25) is 0 Å². The van der Waals surface area contributed by atoms with Crippen molar-refractivity contribution in [3.63, 3.8) is 0 Å². The monoisotopic (exact) mass is 441 g/mol. The summed E-state index contributed by atoms with van der Waals surface area (Å²) in [6, 6.07) is 12.2. The highest BCUT2D eigenvalue weighted by molar-refractivity contribution is 7.90. The molecule has 0 atom stereocenters. The Labute approximate surface area is 178 Å². The van der Waals surface area contributed by atoms with Gasteiger partial charge >= 0.3 is 0 Å². The maximum Gasteiger partial charge on any atom is 0.278 e. The number of nitrogen functional groups attached to an aromatic ring is 1. The summed E-state index contributed by atoms with van der Waals surface area (Å²) in [5.74, 6) is -1.41. The van der Waals surface area contributed by atoms with Crippen molar-refractivity contribution in [3.8, 4) is 11.3 Å². The Balaban J connectivity index is 1.81. The zero-order valence-electron chi connectivity index (χ0n) is 16.4. The minimum atomic E-state index is -3.98. The molecule has 0 fully saturated rings. The van der Waals surface area contributed by atoms with Gasteiger partial charge in [-0.05, 0) is 29.8 Å². The Morgan fingerprint density at radius 1 is 1.06 bits per heavy atom. The molecule has 2 aromatic carbocycles. The molecule has 0 bridgehead atoms. The first kappa shape index (κ1) is 21.9. The summed E-state index contributed by atoms with van der Waals surface area (Å²) >= 11 is 0. The van der Waals surface area contributed by atoms with Crippen LogP contribution >= 0.6 is 0 Å². The molecule has 1 heterocycles. The number of aromatic nitrogens is 2. The number of benzene rings is 2. The van der Waals surface area contributed by atoms with E-state index < -0.39 is 21.8 Å². The molecule has 160 valence electrons. The van der Waals surface area contributed by atoms with Crippen LogP contribution in [-0.2, 0) is 21.4 Å². The van der Waals surface area contributed by atoms with Crippen molar-refractivity contribution < 1.29 is 23.1 Å². The number of sulfonamides is 1. The first-order chi connectivity index (χ1) is 14.7. The number of nitrogens with two attached hydrogens (primary N) is 1. The largest absolute Gasteiger partial charge is 0.392 e. The number of anilines is 2. The van der Waals surface area contributed by atoms with Crippen LogP contribution in [0.25, 0.3) is 11.3 Å². The lowest BCUT2D eigenvalue weighted by Crippen LogP contribution is -2.28. The van der Waals surface area contributed by atoms with E-state index in [0.717, 1.165) is 12.5 Å². The van der Waals surface area contributed by atoms with Crippen LogP contribution in [0.15, 0.2) is 59.6 Å². The molecule has 0 radical (unpaired) electrons. The first-order valence-electron chi connectivity index (χ1n) is 8.97. The molecule has 3 aromatic rings. The standard InChI is InChI=1S/C20H19N5O5S/c1-12(27)25-31(29,30)16-8-6-15(7-9-16)23-20(28)18-19(21)22-10-17(24-18)14-4-2-13(11-26)3-5-14/h2-10,26H,11H2,1H3,(H2,21,22)(H,23,28)(H,25,27). The van der Waals surface area contributed by atoms with E-state index in [2.05, 4.69) is 15.3 Å². The lowest BCUT2D eigenvalue weighted by Gasteiger charge is -2.10. The van der Waals surface area contributed by atoms with Crippen LogP contribution in [-0.4, -0.2) is 35.3 Å². The minimum absolute atomic E-state index is 0.0712. The van der Waals surface area contributed by atoms with E-state index in [4.69, 9.17) is 10.8 Å². The average molecular weight is 441 g/mol. The SMILES string of the molecule is CC(=O)NS(=O)(=O)c1ccc(NC(=O)c2nc(-c3ccc(CO)cc3)cnc2N)cc1. The van der Waals surface area contributed by atoms with Crippen LogP contribution < -0.4 is 15.8 Å². The van der Waals surface area contributed by atoms with E-state index >= 15 is 0 Å². The van der Waals surface area contributed by atoms with Gasteiger partial charge in [0.2, 0.25) is 5.91 Å². The molecule has 0 aliphatic carbocycles. The van der Waals surface area contributed by atoms with Crippen LogP contribution in [0, 0.1) is 0 Å². The number of carbonyl (C=O) groups excluding carboxylic acids is 2. The van der Waals surface area contributed by atoms with Crippen molar-refractivity contribution in [1.82, 2.24) is 14.7 Å². The molecule has 31 heavy (non-hydrogen) atoms.